The van der Waals surface area contributed by atoms with Gasteiger partial charge in [-0.1, -0.05) is 25.2 Å². The maximum atomic E-state index is 11.7. The summed E-state index contributed by atoms with van der Waals surface area (Å²) in [4.78, 5) is 11.7. The first-order chi connectivity index (χ1) is 7.09. The molecule has 0 bridgehead atoms. The molecule has 0 amide bonds. The van der Waals surface area contributed by atoms with Crippen LogP contribution in [0.3, 0.4) is 0 Å². The number of carbonyl (C=O) groups is 1. The molecule has 1 aliphatic carbocycles. The zero-order valence-corrected chi connectivity index (χ0v) is 11.2. The number of carbonyl (C=O) groups excluding carboxylic acids is 1. The molecule has 86 valence electrons. The summed E-state index contributed by atoms with van der Waals surface area (Å²) in [5.41, 5.74) is 2.91. The van der Waals surface area contributed by atoms with Crippen LogP contribution in [-0.2, 0) is 9.53 Å². The van der Waals surface area contributed by atoms with E-state index in [1.165, 1.54) is 19.3 Å². The van der Waals surface area contributed by atoms with E-state index in [4.69, 9.17) is 4.74 Å². The summed E-state index contributed by atoms with van der Waals surface area (Å²) in [7, 11) is -0.804. The third-order valence-corrected chi connectivity index (χ3v) is 3.90. The van der Waals surface area contributed by atoms with Crippen molar-refractivity contribution in [3.05, 3.63) is 11.3 Å². The molecule has 1 rings (SSSR count). The molecule has 0 saturated heterocycles. The van der Waals surface area contributed by atoms with Gasteiger partial charge < -0.3 is 4.74 Å². The second-order valence-electron chi connectivity index (χ2n) is 4.76. The first-order valence-electron chi connectivity index (χ1n) is 5.99. The van der Waals surface area contributed by atoms with Crippen LogP contribution in [0.2, 0.25) is 13.1 Å². The van der Waals surface area contributed by atoms with Crippen LogP contribution in [0.1, 0.15) is 39.0 Å². The number of ether oxygens (including phenoxy) is 1. The minimum Gasteiger partial charge on any atom is -0.459 e. The highest BCUT2D eigenvalue weighted by Crippen LogP contribution is 2.21. The molecule has 0 atom stereocenters. The molecule has 1 saturated carbocycles. The molecule has 0 radical (unpaired) electrons. The van der Waals surface area contributed by atoms with E-state index in [9.17, 15) is 4.79 Å². The lowest BCUT2D eigenvalue weighted by atomic mass is 9.98. The van der Waals surface area contributed by atoms with E-state index in [1.807, 2.05) is 6.92 Å². The Labute approximate surface area is 94.3 Å². The zero-order chi connectivity index (χ0) is 11.3. The van der Waals surface area contributed by atoms with Gasteiger partial charge in [0.1, 0.15) is 6.10 Å². The van der Waals surface area contributed by atoms with Crippen molar-refractivity contribution in [1.82, 2.24) is 0 Å². The first-order valence-corrected chi connectivity index (χ1v) is 8.96. The van der Waals surface area contributed by atoms with Crippen molar-refractivity contribution in [3.63, 3.8) is 0 Å². The molecule has 3 heteroatoms. The maximum Gasteiger partial charge on any atom is 0.333 e. The highest BCUT2D eigenvalue weighted by atomic mass is 28.3. The minimum atomic E-state index is -0.804. The first kappa shape index (κ1) is 12.5. The van der Waals surface area contributed by atoms with Gasteiger partial charge in [0.2, 0.25) is 0 Å². The quantitative estimate of drug-likeness (QED) is 0.420. The summed E-state index contributed by atoms with van der Waals surface area (Å²) < 4.78 is 5.47. The van der Waals surface area contributed by atoms with Gasteiger partial charge in [0, 0.05) is 5.57 Å². The zero-order valence-electron chi connectivity index (χ0n) is 10.1. The molecule has 1 aliphatic rings. The largest absolute Gasteiger partial charge is 0.459 e. The second-order valence-corrected chi connectivity index (χ2v) is 7.58. The average Bonchev–Trinajstić information content (AvgIpc) is 2.18. The third-order valence-electron chi connectivity index (χ3n) is 2.73. The fourth-order valence-corrected chi connectivity index (χ4v) is 3.13. The molecular formula is C12H22O2Si. The van der Waals surface area contributed by atoms with E-state index in [1.54, 1.807) is 0 Å². The summed E-state index contributed by atoms with van der Waals surface area (Å²) in [5, 5.41) is 0. The van der Waals surface area contributed by atoms with E-state index in [-0.39, 0.29) is 12.1 Å². The normalized spacial score (nSPS) is 19.3. The molecule has 0 aromatic carbocycles. The summed E-state index contributed by atoms with van der Waals surface area (Å²) in [6.45, 7) is 6.28. The lowest BCUT2D eigenvalue weighted by Gasteiger charge is -2.22. The molecule has 0 aromatic rings. The lowest BCUT2D eigenvalue weighted by Crippen LogP contribution is -2.21. The Kier molecular flexibility index (Phi) is 5.09. The Morgan fingerprint density at radius 2 is 1.87 bits per heavy atom. The Balaban J connectivity index is 2.40. The van der Waals surface area contributed by atoms with Crippen molar-refractivity contribution in [3.8, 4) is 0 Å². The molecule has 0 heterocycles. The fourth-order valence-electron chi connectivity index (χ4n) is 2.00. The molecule has 0 aromatic heterocycles. The standard InChI is InChI=1S/C12H22O2Si/c1-10(9-15(2)3)12(13)14-11-7-5-4-6-8-11/h9,11,15H,4-8H2,1-3H3. The van der Waals surface area contributed by atoms with Gasteiger partial charge in [0.15, 0.2) is 0 Å². The van der Waals surface area contributed by atoms with Gasteiger partial charge in [-0.05, 0) is 32.6 Å². The van der Waals surface area contributed by atoms with Crippen LogP contribution in [0.5, 0.6) is 0 Å². The highest BCUT2D eigenvalue weighted by molar-refractivity contribution is 6.61. The van der Waals surface area contributed by atoms with Gasteiger partial charge >= 0.3 is 5.97 Å². The van der Waals surface area contributed by atoms with E-state index in [2.05, 4.69) is 18.8 Å². The van der Waals surface area contributed by atoms with Crippen LogP contribution in [0.15, 0.2) is 11.3 Å². The SMILES string of the molecule is CC(=C[SiH](C)C)C(=O)OC1CCCCC1. The van der Waals surface area contributed by atoms with Gasteiger partial charge in [-0.15, -0.1) is 0 Å². The van der Waals surface area contributed by atoms with Crippen LogP contribution in [0.25, 0.3) is 0 Å². The van der Waals surface area contributed by atoms with E-state index < -0.39 is 8.80 Å². The average molecular weight is 226 g/mol. The second kappa shape index (κ2) is 6.11. The fraction of sp³-hybridized carbons (Fsp3) is 0.750. The van der Waals surface area contributed by atoms with Crippen molar-refractivity contribution < 1.29 is 9.53 Å². The van der Waals surface area contributed by atoms with Gasteiger partial charge in [-0.2, -0.15) is 0 Å². The molecule has 2 nitrogen and oxygen atoms in total. The topological polar surface area (TPSA) is 26.3 Å². The van der Waals surface area contributed by atoms with Gasteiger partial charge in [-0.3, -0.25) is 0 Å². The van der Waals surface area contributed by atoms with Crippen LogP contribution in [0.4, 0.5) is 0 Å². The monoisotopic (exact) mass is 226 g/mol. The molecule has 1 fully saturated rings. The van der Waals surface area contributed by atoms with Gasteiger partial charge in [-0.25, -0.2) is 4.79 Å². The summed E-state index contributed by atoms with van der Waals surface area (Å²) in [6, 6.07) is 0. The van der Waals surface area contributed by atoms with E-state index >= 15 is 0 Å². The van der Waals surface area contributed by atoms with E-state index in [0.29, 0.717) is 0 Å². The minimum absolute atomic E-state index is 0.0944. The lowest BCUT2D eigenvalue weighted by molar-refractivity contribution is -0.145. The van der Waals surface area contributed by atoms with Gasteiger partial charge in [0.05, 0.1) is 8.80 Å². The molecule has 15 heavy (non-hydrogen) atoms. The molecule has 0 spiro atoms. The van der Waals surface area contributed by atoms with Crippen molar-refractivity contribution in [2.45, 2.75) is 58.2 Å². The van der Waals surface area contributed by atoms with Crippen molar-refractivity contribution in [2.24, 2.45) is 0 Å². The summed E-state index contributed by atoms with van der Waals surface area (Å²) in [5.74, 6) is -0.0944. The Morgan fingerprint density at radius 1 is 1.27 bits per heavy atom. The number of hydrogen-bond donors (Lipinski definition) is 0. The van der Waals surface area contributed by atoms with Crippen LogP contribution in [-0.4, -0.2) is 20.9 Å². The summed E-state index contributed by atoms with van der Waals surface area (Å²) >= 11 is 0. The Morgan fingerprint density at radius 3 is 2.40 bits per heavy atom. The predicted molar refractivity (Wildman–Crippen MR) is 65.6 cm³/mol. The van der Waals surface area contributed by atoms with Crippen molar-refractivity contribution in [1.29, 1.82) is 0 Å². The van der Waals surface area contributed by atoms with E-state index in [0.717, 1.165) is 18.4 Å². The van der Waals surface area contributed by atoms with Crippen LogP contribution in [0, 0.1) is 0 Å². The highest BCUT2D eigenvalue weighted by Gasteiger charge is 2.18. The molecule has 0 unspecified atom stereocenters. The molecule has 0 aliphatic heterocycles. The van der Waals surface area contributed by atoms with Gasteiger partial charge in [0.25, 0.3) is 0 Å². The van der Waals surface area contributed by atoms with Crippen molar-refractivity contribution >= 4 is 14.8 Å². The smallest absolute Gasteiger partial charge is 0.333 e. The third kappa shape index (κ3) is 4.65. The van der Waals surface area contributed by atoms with Crippen LogP contribution < -0.4 is 0 Å². The number of hydrogen-bond acceptors (Lipinski definition) is 2. The maximum absolute atomic E-state index is 11.7. The molecular weight excluding hydrogens is 204 g/mol. The summed E-state index contributed by atoms with van der Waals surface area (Å²) in [6.07, 6.45) is 6.00. The molecule has 0 N–H and O–H groups in total. The predicted octanol–water partition coefficient (Wildman–Crippen LogP) is 2.83. The number of rotatable bonds is 3. The Hall–Kier alpha value is -0.573. The number of esters is 1. The van der Waals surface area contributed by atoms with Crippen molar-refractivity contribution in [2.75, 3.05) is 0 Å². The Bertz CT molecular complexity index is 240. The van der Waals surface area contributed by atoms with Crippen LogP contribution >= 0.6 is 0 Å².